The van der Waals surface area contributed by atoms with Gasteiger partial charge in [-0.3, -0.25) is 4.79 Å². The number of carbonyl (C=O) groups is 1. The number of hydrogen-bond acceptors (Lipinski definition) is 4. The largest absolute Gasteiger partial charge is 0.368 e. The molecular weight excluding hydrogens is 264 g/mol. The molecule has 0 atom stereocenters. The van der Waals surface area contributed by atoms with Crippen molar-refractivity contribution < 1.29 is 9.63 Å². The van der Waals surface area contributed by atoms with Crippen LogP contribution in [0.15, 0.2) is 18.2 Å². The van der Waals surface area contributed by atoms with E-state index in [1.165, 1.54) is 23.7 Å². The molecule has 0 radical (unpaired) electrons. The number of aryl methyl sites for hydroxylation is 1. The average molecular weight is 290 g/mol. The van der Waals surface area contributed by atoms with Crippen molar-refractivity contribution in [2.75, 3.05) is 31.1 Å². The zero-order valence-electron chi connectivity index (χ0n) is 13.8. The van der Waals surface area contributed by atoms with Crippen LogP contribution in [0.25, 0.3) is 0 Å². The summed E-state index contributed by atoms with van der Waals surface area (Å²) >= 11 is 0. The van der Waals surface area contributed by atoms with E-state index < -0.39 is 0 Å². The molecule has 1 aliphatic rings. The van der Waals surface area contributed by atoms with Crippen molar-refractivity contribution in [2.24, 2.45) is 0 Å². The van der Waals surface area contributed by atoms with Gasteiger partial charge in [0.25, 0.3) is 0 Å². The van der Waals surface area contributed by atoms with Gasteiger partial charge in [-0.2, -0.15) is 0 Å². The number of benzene rings is 1. The summed E-state index contributed by atoms with van der Waals surface area (Å²) in [7, 11) is 0. The Hall–Kier alpha value is -1.55. The molecule has 1 heterocycles. The van der Waals surface area contributed by atoms with Gasteiger partial charge in [0, 0.05) is 25.7 Å². The van der Waals surface area contributed by atoms with Gasteiger partial charge in [-0.25, -0.2) is 0 Å². The fourth-order valence-electron chi connectivity index (χ4n) is 2.73. The summed E-state index contributed by atoms with van der Waals surface area (Å²) in [5, 5.41) is 1.75. The average Bonchev–Trinajstić information content (AvgIpc) is 2.38. The molecule has 4 nitrogen and oxygen atoms in total. The first-order valence-electron chi connectivity index (χ1n) is 7.57. The topological polar surface area (TPSA) is 32.8 Å². The van der Waals surface area contributed by atoms with E-state index in [1.807, 2.05) is 0 Å². The van der Waals surface area contributed by atoms with Gasteiger partial charge < -0.3 is 9.74 Å². The van der Waals surface area contributed by atoms with Gasteiger partial charge >= 0.3 is 5.97 Å². The fourth-order valence-corrected chi connectivity index (χ4v) is 2.73. The summed E-state index contributed by atoms with van der Waals surface area (Å²) < 4.78 is 0. The predicted octanol–water partition coefficient (Wildman–Crippen LogP) is 2.89. The highest BCUT2D eigenvalue weighted by atomic mass is 16.7. The molecule has 0 amide bonds. The lowest BCUT2D eigenvalue weighted by Crippen LogP contribution is -2.47. The molecule has 1 fully saturated rings. The predicted molar refractivity (Wildman–Crippen MR) is 85.4 cm³/mol. The molecule has 0 spiro atoms. The Kier molecular flexibility index (Phi) is 4.57. The third-order valence-corrected chi connectivity index (χ3v) is 3.80. The maximum Gasteiger partial charge on any atom is 0.322 e. The number of hydrogen-bond donors (Lipinski definition) is 0. The van der Waals surface area contributed by atoms with Crippen LogP contribution in [0.1, 0.15) is 38.8 Å². The number of carbonyl (C=O) groups excluding carboxylic acids is 1. The molecule has 0 saturated carbocycles. The first kappa shape index (κ1) is 15.8. The van der Waals surface area contributed by atoms with Gasteiger partial charge in [0.1, 0.15) is 0 Å². The van der Waals surface area contributed by atoms with Crippen LogP contribution >= 0.6 is 0 Å². The first-order valence-corrected chi connectivity index (χ1v) is 7.57. The third-order valence-electron chi connectivity index (χ3n) is 3.80. The molecule has 0 aromatic heterocycles. The summed E-state index contributed by atoms with van der Waals surface area (Å²) in [6.07, 6.45) is 0. The van der Waals surface area contributed by atoms with Crippen molar-refractivity contribution in [3.8, 4) is 0 Å². The minimum atomic E-state index is -0.242. The van der Waals surface area contributed by atoms with Crippen molar-refractivity contribution in [1.82, 2.24) is 5.06 Å². The molecular formula is C17H26N2O2. The highest BCUT2D eigenvalue weighted by Crippen LogP contribution is 2.33. The molecule has 116 valence electrons. The number of hydroxylamine groups is 2. The lowest BCUT2D eigenvalue weighted by atomic mass is 9.84. The van der Waals surface area contributed by atoms with Crippen LogP contribution < -0.4 is 4.90 Å². The SMILES string of the molecule is CC(=O)ON1CCN(c2ccc(C)cc2C(C)(C)C)CC1. The number of piperazine rings is 1. The Balaban J connectivity index is 2.15. The molecule has 1 aromatic rings. The fraction of sp³-hybridized carbons (Fsp3) is 0.588. The Morgan fingerprint density at radius 2 is 1.76 bits per heavy atom. The molecule has 21 heavy (non-hydrogen) atoms. The Morgan fingerprint density at radius 3 is 2.29 bits per heavy atom. The second kappa shape index (κ2) is 6.06. The smallest absolute Gasteiger partial charge is 0.322 e. The summed E-state index contributed by atoms with van der Waals surface area (Å²) in [6, 6.07) is 6.67. The molecule has 1 saturated heterocycles. The highest BCUT2D eigenvalue weighted by Gasteiger charge is 2.25. The molecule has 0 unspecified atom stereocenters. The van der Waals surface area contributed by atoms with Crippen LogP contribution in [0.3, 0.4) is 0 Å². The van der Waals surface area contributed by atoms with E-state index in [4.69, 9.17) is 4.84 Å². The van der Waals surface area contributed by atoms with E-state index in [0.29, 0.717) is 0 Å². The van der Waals surface area contributed by atoms with Crippen molar-refractivity contribution >= 4 is 11.7 Å². The van der Waals surface area contributed by atoms with Crippen LogP contribution in [0.4, 0.5) is 5.69 Å². The van der Waals surface area contributed by atoms with E-state index in [0.717, 1.165) is 26.2 Å². The monoisotopic (exact) mass is 290 g/mol. The summed E-state index contributed by atoms with van der Waals surface area (Å²) in [4.78, 5) is 18.6. The summed E-state index contributed by atoms with van der Waals surface area (Å²) in [5.41, 5.74) is 4.09. The minimum Gasteiger partial charge on any atom is -0.368 e. The summed E-state index contributed by atoms with van der Waals surface area (Å²) in [5.74, 6) is -0.242. The Morgan fingerprint density at radius 1 is 1.14 bits per heavy atom. The zero-order valence-corrected chi connectivity index (χ0v) is 13.8. The van der Waals surface area contributed by atoms with Crippen LogP contribution in [0, 0.1) is 6.92 Å². The van der Waals surface area contributed by atoms with Crippen molar-refractivity contribution in [1.29, 1.82) is 0 Å². The van der Waals surface area contributed by atoms with E-state index in [9.17, 15) is 4.79 Å². The van der Waals surface area contributed by atoms with Gasteiger partial charge in [-0.15, -0.1) is 5.06 Å². The van der Waals surface area contributed by atoms with E-state index in [1.54, 1.807) is 5.06 Å². The zero-order chi connectivity index (χ0) is 15.6. The normalized spacial score (nSPS) is 16.9. The van der Waals surface area contributed by atoms with Crippen molar-refractivity contribution in [2.45, 2.75) is 40.0 Å². The lowest BCUT2D eigenvalue weighted by molar-refractivity contribution is -0.188. The Labute approximate surface area is 127 Å². The second-order valence-electron chi connectivity index (χ2n) is 6.77. The molecule has 1 aliphatic heterocycles. The van der Waals surface area contributed by atoms with Gasteiger partial charge in [-0.1, -0.05) is 38.5 Å². The molecule has 1 aromatic carbocycles. The number of anilines is 1. The maximum atomic E-state index is 11.0. The van der Waals surface area contributed by atoms with E-state index >= 15 is 0 Å². The third kappa shape index (κ3) is 3.97. The Bertz CT molecular complexity index is 512. The lowest BCUT2D eigenvalue weighted by Gasteiger charge is -2.37. The number of rotatable bonds is 2. The van der Waals surface area contributed by atoms with Crippen molar-refractivity contribution in [3.05, 3.63) is 29.3 Å². The number of nitrogens with zero attached hydrogens (tertiary/aromatic N) is 2. The van der Waals surface area contributed by atoms with Crippen LogP contribution in [0.2, 0.25) is 0 Å². The molecule has 0 aliphatic carbocycles. The summed E-state index contributed by atoms with van der Waals surface area (Å²) in [6.45, 7) is 13.6. The molecule has 4 heteroatoms. The van der Waals surface area contributed by atoms with Crippen molar-refractivity contribution in [3.63, 3.8) is 0 Å². The van der Waals surface area contributed by atoms with E-state index in [-0.39, 0.29) is 11.4 Å². The van der Waals surface area contributed by atoms with Crippen LogP contribution in [0.5, 0.6) is 0 Å². The second-order valence-corrected chi connectivity index (χ2v) is 6.77. The first-order chi connectivity index (χ1) is 9.77. The molecule has 0 N–H and O–H groups in total. The van der Waals surface area contributed by atoms with E-state index in [2.05, 4.69) is 50.8 Å². The van der Waals surface area contributed by atoms with Gasteiger partial charge in [0.05, 0.1) is 13.1 Å². The standard InChI is InChI=1S/C17H26N2O2/c1-13-6-7-16(15(12-13)17(3,4)5)18-8-10-19(11-9-18)21-14(2)20/h6-7,12H,8-11H2,1-5H3. The van der Waals surface area contributed by atoms with Gasteiger partial charge in [0.2, 0.25) is 0 Å². The maximum absolute atomic E-state index is 11.0. The highest BCUT2D eigenvalue weighted by molar-refractivity contribution is 5.65. The quantitative estimate of drug-likeness (QED) is 0.838. The van der Waals surface area contributed by atoms with Gasteiger partial charge in [0.15, 0.2) is 0 Å². The molecule has 2 rings (SSSR count). The van der Waals surface area contributed by atoms with Crippen LogP contribution in [-0.4, -0.2) is 37.2 Å². The van der Waals surface area contributed by atoms with Crippen LogP contribution in [-0.2, 0) is 15.0 Å². The minimum absolute atomic E-state index is 0.119. The molecule has 0 bridgehead atoms. The van der Waals surface area contributed by atoms with Gasteiger partial charge in [-0.05, 0) is 24.0 Å².